The lowest BCUT2D eigenvalue weighted by Gasteiger charge is -2.12. The van der Waals surface area contributed by atoms with Gasteiger partial charge in [0.25, 0.3) is 5.91 Å². The zero-order valence-corrected chi connectivity index (χ0v) is 12.3. The Morgan fingerprint density at radius 3 is 2.65 bits per heavy atom. The smallest absolute Gasteiger partial charge is 0.257 e. The van der Waals surface area contributed by atoms with Crippen molar-refractivity contribution in [1.29, 1.82) is 0 Å². The summed E-state index contributed by atoms with van der Waals surface area (Å²) in [7, 11) is 0. The number of amides is 1. The van der Waals surface area contributed by atoms with Gasteiger partial charge in [0.1, 0.15) is 0 Å². The van der Waals surface area contributed by atoms with E-state index in [0.717, 1.165) is 23.5 Å². The van der Waals surface area contributed by atoms with Crippen LogP contribution >= 0.6 is 11.6 Å². The first kappa shape index (κ1) is 14.4. The van der Waals surface area contributed by atoms with Crippen molar-refractivity contribution >= 4 is 28.9 Å². The summed E-state index contributed by atoms with van der Waals surface area (Å²) >= 11 is 5.96. The summed E-state index contributed by atoms with van der Waals surface area (Å²) in [6.07, 6.45) is 0. The number of carbonyl (C=O) groups excluding carboxylic acids is 1. The molecule has 2 aromatic rings. The Labute approximate surface area is 124 Å². The van der Waals surface area contributed by atoms with Crippen molar-refractivity contribution in [3.05, 3.63) is 58.6 Å². The average molecular weight is 289 g/mol. The highest BCUT2D eigenvalue weighted by Crippen LogP contribution is 2.22. The van der Waals surface area contributed by atoms with Crippen LogP contribution in [-0.4, -0.2) is 12.5 Å². The van der Waals surface area contributed by atoms with Gasteiger partial charge >= 0.3 is 0 Å². The van der Waals surface area contributed by atoms with Crippen LogP contribution in [0.2, 0.25) is 5.02 Å². The molecule has 0 heterocycles. The fourth-order valence-corrected chi connectivity index (χ4v) is 2.12. The molecule has 4 heteroatoms. The molecule has 2 aromatic carbocycles. The Hall–Kier alpha value is -2.00. The van der Waals surface area contributed by atoms with Crippen molar-refractivity contribution < 1.29 is 4.79 Å². The maximum atomic E-state index is 12.4. The largest absolute Gasteiger partial charge is 0.385 e. The highest BCUT2D eigenvalue weighted by molar-refractivity contribution is 6.31. The van der Waals surface area contributed by atoms with Gasteiger partial charge in [-0.2, -0.15) is 0 Å². The number of benzene rings is 2. The van der Waals surface area contributed by atoms with E-state index < -0.39 is 0 Å². The number of halogens is 1. The molecule has 0 radical (unpaired) electrons. The van der Waals surface area contributed by atoms with Crippen LogP contribution in [0.25, 0.3) is 0 Å². The van der Waals surface area contributed by atoms with Crippen molar-refractivity contribution in [3.63, 3.8) is 0 Å². The highest BCUT2D eigenvalue weighted by Gasteiger charge is 2.11. The molecule has 104 valence electrons. The third-order valence-electron chi connectivity index (χ3n) is 2.99. The van der Waals surface area contributed by atoms with E-state index in [2.05, 4.69) is 10.6 Å². The molecule has 0 spiro atoms. The third kappa shape index (κ3) is 3.31. The second kappa shape index (κ2) is 6.44. The number of aryl methyl sites for hydroxylation is 1. The van der Waals surface area contributed by atoms with E-state index in [9.17, 15) is 4.79 Å². The first-order valence-electron chi connectivity index (χ1n) is 6.52. The third-order valence-corrected chi connectivity index (χ3v) is 3.22. The van der Waals surface area contributed by atoms with Crippen LogP contribution < -0.4 is 10.6 Å². The molecule has 0 aliphatic carbocycles. The van der Waals surface area contributed by atoms with E-state index >= 15 is 0 Å². The van der Waals surface area contributed by atoms with Gasteiger partial charge in [0.05, 0.1) is 5.56 Å². The second-order valence-corrected chi connectivity index (χ2v) is 4.93. The molecule has 0 saturated heterocycles. The van der Waals surface area contributed by atoms with Crippen molar-refractivity contribution in [2.45, 2.75) is 13.8 Å². The van der Waals surface area contributed by atoms with Crippen LogP contribution in [0.1, 0.15) is 22.8 Å². The standard InChI is InChI=1S/C16H17ClN2O/c1-3-18-14-7-5-4-6-13(14)16(20)19-15-10-12(17)9-8-11(15)2/h4-10,18H,3H2,1-2H3,(H,19,20). The first-order chi connectivity index (χ1) is 9.61. The predicted molar refractivity (Wildman–Crippen MR) is 84.7 cm³/mol. The Bertz CT molecular complexity index is 626. The molecule has 0 atom stereocenters. The molecule has 0 aliphatic rings. The summed E-state index contributed by atoms with van der Waals surface area (Å²) in [6.45, 7) is 4.69. The van der Waals surface area contributed by atoms with Gasteiger partial charge in [0.15, 0.2) is 0 Å². The molecular formula is C16H17ClN2O. The van der Waals surface area contributed by atoms with Gasteiger partial charge < -0.3 is 10.6 Å². The maximum Gasteiger partial charge on any atom is 0.257 e. The lowest BCUT2D eigenvalue weighted by molar-refractivity contribution is 0.102. The monoisotopic (exact) mass is 288 g/mol. The van der Waals surface area contributed by atoms with Crippen LogP contribution in [0.3, 0.4) is 0 Å². The van der Waals surface area contributed by atoms with Gasteiger partial charge in [-0.25, -0.2) is 0 Å². The quantitative estimate of drug-likeness (QED) is 0.879. The van der Waals surface area contributed by atoms with E-state index in [1.165, 1.54) is 0 Å². The van der Waals surface area contributed by atoms with Gasteiger partial charge in [-0.05, 0) is 43.7 Å². The van der Waals surface area contributed by atoms with E-state index in [0.29, 0.717) is 10.6 Å². The van der Waals surface area contributed by atoms with E-state index in [1.54, 1.807) is 18.2 Å². The number of carbonyl (C=O) groups is 1. The van der Waals surface area contributed by atoms with Crippen molar-refractivity contribution in [1.82, 2.24) is 0 Å². The molecule has 2 rings (SSSR count). The van der Waals surface area contributed by atoms with Gasteiger partial charge in [-0.15, -0.1) is 0 Å². The summed E-state index contributed by atoms with van der Waals surface area (Å²) in [5, 5.41) is 6.69. The summed E-state index contributed by atoms with van der Waals surface area (Å²) < 4.78 is 0. The lowest BCUT2D eigenvalue weighted by Crippen LogP contribution is -2.15. The van der Waals surface area contributed by atoms with Gasteiger partial charge in [-0.3, -0.25) is 4.79 Å². The van der Waals surface area contributed by atoms with Crippen LogP contribution in [0.5, 0.6) is 0 Å². The van der Waals surface area contributed by atoms with Crippen molar-refractivity contribution in [2.24, 2.45) is 0 Å². The van der Waals surface area contributed by atoms with E-state index in [-0.39, 0.29) is 5.91 Å². The van der Waals surface area contributed by atoms with Crippen LogP contribution in [-0.2, 0) is 0 Å². The molecule has 0 bridgehead atoms. The SMILES string of the molecule is CCNc1ccccc1C(=O)Nc1cc(Cl)ccc1C. The molecule has 0 aliphatic heterocycles. The minimum absolute atomic E-state index is 0.146. The van der Waals surface area contributed by atoms with Gasteiger partial charge in [0, 0.05) is 22.9 Å². The first-order valence-corrected chi connectivity index (χ1v) is 6.90. The molecule has 0 saturated carbocycles. The molecule has 0 aromatic heterocycles. The molecular weight excluding hydrogens is 272 g/mol. The Balaban J connectivity index is 2.26. The summed E-state index contributed by atoms with van der Waals surface area (Å²) in [5.41, 5.74) is 3.15. The molecule has 2 N–H and O–H groups in total. The fraction of sp³-hybridized carbons (Fsp3) is 0.188. The second-order valence-electron chi connectivity index (χ2n) is 4.49. The molecule has 0 unspecified atom stereocenters. The summed E-state index contributed by atoms with van der Waals surface area (Å²) in [6, 6.07) is 12.9. The minimum Gasteiger partial charge on any atom is -0.385 e. The van der Waals surface area contributed by atoms with E-state index in [1.807, 2.05) is 38.1 Å². The number of hydrogen-bond acceptors (Lipinski definition) is 2. The molecule has 20 heavy (non-hydrogen) atoms. The highest BCUT2D eigenvalue weighted by atomic mass is 35.5. The Morgan fingerprint density at radius 1 is 1.15 bits per heavy atom. The average Bonchev–Trinajstić information content (AvgIpc) is 2.44. The number of rotatable bonds is 4. The number of anilines is 2. The van der Waals surface area contributed by atoms with Gasteiger partial charge in [0.2, 0.25) is 0 Å². The topological polar surface area (TPSA) is 41.1 Å². The van der Waals surface area contributed by atoms with Crippen LogP contribution in [0, 0.1) is 6.92 Å². The maximum absolute atomic E-state index is 12.4. The van der Waals surface area contributed by atoms with Crippen LogP contribution in [0.15, 0.2) is 42.5 Å². The minimum atomic E-state index is -0.146. The summed E-state index contributed by atoms with van der Waals surface area (Å²) in [4.78, 5) is 12.4. The lowest BCUT2D eigenvalue weighted by atomic mass is 10.1. The Kier molecular flexibility index (Phi) is 4.64. The molecule has 0 fully saturated rings. The normalized spacial score (nSPS) is 10.2. The van der Waals surface area contributed by atoms with Crippen molar-refractivity contribution in [2.75, 3.05) is 17.2 Å². The predicted octanol–water partition coefficient (Wildman–Crippen LogP) is 4.33. The van der Waals surface area contributed by atoms with Crippen molar-refractivity contribution in [3.8, 4) is 0 Å². The number of hydrogen-bond donors (Lipinski definition) is 2. The van der Waals surface area contributed by atoms with E-state index in [4.69, 9.17) is 11.6 Å². The molecule has 3 nitrogen and oxygen atoms in total. The van der Waals surface area contributed by atoms with Crippen LogP contribution in [0.4, 0.5) is 11.4 Å². The zero-order valence-electron chi connectivity index (χ0n) is 11.5. The molecule has 1 amide bonds. The number of para-hydroxylation sites is 1. The zero-order chi connectivity index (χ0) is 14.5. The number of nitrogens with one attached hydrogen (secondary N) is 2. The Morgan fingerprint density at radius 2 is 1.90 bits per heavy atom. The van der Waals surface area contributed by atoms with Gasteiger partial charge in [-0.1, -0.05) is 29.8 Å². The summed E-state index contributed by atoms with van der Waals surface area (Å²) in [5.74, 6) is -0.146. The fourth-order valence-electron chi connectivity index (χ4n) is 1.94.